The molecule has 1 spiro atoms. The molecule has 1 aromatic rings. The number of aryl methyl sites for hydroxylation is 1. The highest BCUT2D eigenvalue weighted by atomic mass is 16.6. The van der Waals surface area contributed by atoms with Gasteiger partial charge in [0.2, 0.25) is 5.91 Å². The Morgan fingerprint density at radius 1 is 1.25 bits per heavy atom. The minimum Gasteiger partial charge on any atom is -0.465 e. The quantitative estimate of drug-likeness (QED) is 0.725. The van der Waals surface area contributed by atoms with Crippen LogP contribution in [0.2, 0.25) is 0 Å². The predicted molar refractivity (Wildman–Crippen MR) is 104 cm³/mol. The Labute approximate surface area is 167 Å². The molecule has 3 aliphatic rings. The van der Waals surface area contributed by atoms with Crippen LogP contribution in [0.25, 0.3) is 0 Å². The number of carbonyl (C=O) groups is 2. The molecule has 6 nitrogen and oxygen atoms in total. The first-order chi connectivity index (χ1) is 13.4. The number of likely N-dealkylation sites (tertiary alicyclic amines) is 1. The third-order valence-electron chi connectivity index (χ3n) is 6.86. The highest BCUT2D eigenvalue weighted by molar-refractivity contribution is 5.87. The molecular weight excluding hydrogens is 356 g/mol. The number of amides is 1. The lowest BCUT2D eigenvalue weighted by Crippen LogP contribution is -2.46. The van der Waals surface area contributed by atoms with E-state index in [1.54, 1.807) is 0 Å². The Kier molecular flexibility index (Phi) is 5.50. The predicted octanol–water partition coefficient (Wildman–Crippen LogP) is 3.13. The van der Waals surface area contributed by atoms with Crippen molar-refractivity contribution in [2.45, 2.75) is 64.0 Å². The number of esters is 1. The average molecular weight is 389 g/mol. The van der Waals surface area contributed by atoms with Crippen LogP contribution in [0.3, 0.4) is 0 Å². The molecule has 154 valence electrons. The second-order valence-electron chi connectivity index (χ2n) is 8.95. The van der Waals surface area contributed by atoms with E-state index in [0.29, 0.717) is 5.92 Å². The monoisotopic (exact) mass is 388 g/mol. The normalized spacial score (nSPS) is 25.4. The molecule has 3 fully saturated rings. The first kappa shape index (κ1) is 19.5. The average Bonchev–Trinajstić information content (AvgIpc) is 3.38. The molecule has 1 amide bonds. The third kappa shape index (κ3) is 3.97. The van der Waals surface area contributed by atoms with Crippen LogP contribution in [0.5, 0.6) is 0 Å². The fourth-order valence-electron chi connectivity index (χ4n) is 5.29. The molecule has 2 aliphatic heterocycles. The highest BCUT2D eigenvalue weighted by Gasteiger charge is 2.54. The van der Waals surface area contributed by atoms with E-state index in [2.05, 4.69) is 11.0 Å². The van der Waals surface area contributed by atoms with Crippen molar-refractivity contribution in [1.82, 2.24) is 9.80 Å². The standard InChI is InChI=1S/C22H32N2O4/c1-16-5-6-18(27-16)15-24-11-7-17(8-12-24)14-23(2)21(26)19-13-20(25)28-22(19)9-3-4-10-22/h5-6,17,19H,3-4,7-15H2,1-2H3. The van der Waals surface area contributed by atoms with Gasteiger partial charge in [-0.25, -0.2) is 0 Å². The molecule has 1 saturated carbocycles. The largest absolute Gasteiger partial charge is 0.465 e. The number of rotatable bonds is 5. The van der Waals surface area contributed by atoms with Gasteiger partial charge in [0, 0.05) is 13.6 Å². The maximum absolute atomic E-state index is 13.1. The first-order valence-corrected chi connectivity index (χ1v) is 10.7. The smallest absolute Gasteiger partial charge is 0.307 e. The van der Waals surface area contributed by atoms with Crippen LogP contribution in [0.1, 0.15) is 56.5 Å². The van der Waals surface area contributed by atoms with Crippen LogP contribution < -0.4 is 0 Å². The van der Waals surface area contributed by atoms with Crippen molar-refractivity contribution in [3.63, 3.8) is 0 Å². The fourth-order valence-corrected chi connectivity index (χ4v) is 5.29. The molecule has 3 heterocycles. The van der Waals surface area contributed by atoms with Gasteiger partial charge in [0.05, 0.1) is 18.9 Å². The summed E-state index contributed by atoms with van der Waals surface area (Å²) in [7, 11) is 1.89. The van der Waals surface area contributed by atoms with Gasteiger partial charge in [-0.15, -0.1) is 0 Å². The lowest BCUT2D eigenvalue weighted by Gasteiger charge is -2.35. The van der Waals surface area contributed by atoms with E-state index in [9.17, 15) is 9.59 Å². The number of carbonyl (C=O) groups excluding carboxylic acids is 2. The molecule has 0 radical (unpaired) electrons. The molecular formula is C22H32N2O4. The Morgan fingerprint density at radius 2 is 1.96 bits per heavy atom. The molecule has 0 bridgehead atoms. The van der Waals surface area contributed by atoms with Crippen molar-refractivity contribution in [2.75, 3.05) is 26.7 Å². The van der Waals surface area contributed by atoms with Crippen LogP contribution >= 0.6 is 0 Å². The van der Waals surface area contributed by atoms with E-state index in [1.165, 1.54) is 0 Å². The topological polar surface area (TPSA) is 63.0 Å². The minimum absolute atomic E-state index is 0.0984. The SMILES string of the molecule is Cc1ccc(CN2CCC(CN(C)C(=O)C3CC(=O)OC34CCCC4)CC2)o1. The number of hydrogen-bond acceptors (Lipinski definition) is 5. The summed E-state index contributed by atoms with van der Waals surface area (Å²) in [6.45, 7) is 5.66. The van der Waals surface area contributed by atoms with Crippen molar-refractivity contribution >= 4 is 11.9 Å². The van der Waals surface area contributed by atoms with Gasteiger partial charge in [0.25, 0.3) is 0 Å². The van der Waals surface area contributed by atoms with Crippen LogP contribution in [-0.2, 0) is 20.9 Å². The van der Waals surface area contributed by atoms with E-state index in [4.69, 9.17) is 9.15 Å². The summed E-state index contributed by atoms with van der Waals surface area (Å²) in [5.41, 5.74) is -0.507. The minimum atomic E-state index is -0.507. The van der Waals surface area contributed by atoms with Crippen molar-refractivity contribution < 1.29 is 18.7 Å². The molecule has 0 N–H and O–H groups in total. The van der Waals surface area contributed by atoms with Gasteiger partial charge in [-0.1, -0.05) is 0 Å². The third-order valence-corrected chi connectivity index (χ3v) is 6.86. The molecule has 2 saturated heterocycles. The summed E-state index contributed by atoms with van der Waals surface area (Å²) in [5, 5.41) is 0. The molecule has 6 heteroatoms. The Bertz CT molecular complexity index is 714. The van der Waals surface area contributed by atoms with Gasteiger partial charge in [0.1, 0.15) is 17.1 Å². The fraction of sp³-hybridized carbons (Fsp3) is 0.727. The Balaban J connectivity index is 1.27. The zero-order valence-electron chi connectivity index (χ0n) is 17.1. The summed E-state index contributed by atoms with van der Waals surface area (Å²) < 4.78 is 11.3. The molecule has 1 unspecified atom stereocenters. The summed E-state index contributed by atoms with van der Waals surface area (Å²) >= 11 is 0. The van der Waals surface area contributed by atoms with Crippen LogP contribution in [0.15, 0.2) is 16.5 Å². The van der Waals surface area contributed by atoms with Crippen molar-refractivity contribution in [2.24, 2.45) is 11.8 Å². The first-order valence-electron chi connectivity index (χ1n) is 10.7. The lowest BCUT2D eigenvalue weighted by molar-refractivity contribution is -0.151. The summed E-state index contributed by atoms with van der Waals surface area (Å²) in [5.74, 6) is 2.11. The molecule has 28 heavy (non-hydrogen) atoms. The maximum atomic E-state index is 13.1. The molecule has 1 atom stereocenters. The highest BCUT2D eigenvalue weighted by Crippen LogP contribution is 2.46. The number of ether oxygens (including phenoxy) is 1. The number of piperidine rings is 1. The van der Waals surface area contributed by atoms with E-state index < -0.39 is 5.60 Å². The van der Waals surface area contributed by atoms with Crippen LogP contribution in [0, 0.1) is 18.8 Å². The van der Waals surface area contributed by atoms with Crippen molar-refractivity contribution in [1.29, 1.82) is 0 Å². The molecule has 1 aromatic heterocycles. The lowest BCUT2D eigenvalue weighted by atomic mass is 9.84. The van der Waals surface area contributed by atoms with E-state index >= 15 is 0 Å². The van der Waals surface area contributed by atoms with E-state index in [-0.39, 0.29) is 24.2 Å². The summed E-state index contributed by atoms with van der Waals surface area (Å²) in [6, 6.07) is 4.06. The second kappa shape index (κ2) is 7.90. The zero-order chi connectivity index (χ0) is 19.7. The van der Waals surface area contributed by atoms with Crippen LogP contribution in [-0.4, -0.2) is 54.0 Å². The summed E-state index contributed by atoms with van der Waals surface area (Å²) in [4.78, 5) is 29.3. The molecule has 4 rings (SSSR count). The van der Waals surface area contributed by atoms with Crippen LogP contribution in [0.4, 0.5) is 0 Å². The van der Waals surface area contributed by atoms with Gasteiger partial charge in [-0.05, 0) is 76.6 Å². The second-order valence-corrected chi connectivity index (χ2v) is 8.95. The Hall–Kier alpha value is -1.82. The van der Waals surface area contributed by atoms with E-state index in [1.807, 2.05) is 24.9 Å². The van der Waals surface area contributed by atoms with Gasteiger partial charge in [-0.3, -0.25) is 14.5 Å². The van der Waals surface area contributed by atoms with Gasteiger partial charge in [0.15, 0.2) is 0 Å². The Morgan fingerprint density at radius 3 is 2.61 bits per heavy atom. The van der Waals surface area contributed by atoms with Crippen molar-refractivity contribution in [3.05, 3.63) is 23.7 Å². The maximum Gasteiger partial charge on any atom is 0.307 e. The van der Waals surface area contributed by atoms with Crippen molar-refractivity contribution in [3.8, 4) is 0 Å². The number of nitrogens with zero attached hydrogens (tertiary/aromatic N) is 2. The van der Waals surface area contributed by atoms with Gasteiger partial charge >= 0.3 is 5.97 Å². The molecule has 0 aromatic carbocycles. The molecule has 1 aliphatic carbocycles. The number of hydrogen-bond donors (Lipinski definition) is 0. The van der Waals surface area contributed by atoms with Gasteiger partial charge in [-0.2, -0.15) is 0 Å². The summed E-state index contributed by atoms with van der Waals surface area (Å²) in [6.07, 6.45) is 6.21. The number of furan rings is 1. The van der Waals surface area contributed by atoms with Gasteiger partial charge < -0.3 is 14.1 Å². The van der Waals surface area contributed by atoms with E-state index in [0.717, 1.165) is 76.2 Å². The zero-order valence-corrected chi connectivity index (χ0v) is 17.1.